The molecule has 1 saturated heterocycles. The molecule has 2 aliphatic heterocycles. The predicted molar refractivity (Wildman–Crippen MR) is 160 cm³/mol. The molecule has 42 heavy (non-hydrogen) atoms. The maximum Gasteiger partial charge on any atom is 0.353 e. The number of guanidine groups is 1. The number of aliphatic carboxylic acids is 1. The van der Waals surface area contributed by atoms with Crippen LogP contribution in [0.2, 0.25) is 0 Å². The van der Waals surface area contributed by atoms with Crippen LogP contribution in [-0.2, 0) is 19.2 Å². The number of carbonyl (C=O) groups excluding carboxylic acids is 2. The molecule has 19 heteroatoms. The Balaban J connectivity index is 1.50. The number of hydrogen-bond donors (Lipinski definition) is 6. The second-order valence-corrected chi connectivity index (χ2v) is 12.9. The standard InChI is InChI=1S/C23H26FN9O5S4/c1-10(29-22(25)26)7-39-13-6-28-4-2-12(13)42-14-9-40-20-16(19(35)33(20)17(14)21(36)37)31-18(34)15(32-38-5-3-24)11-8-41-23(27)30-11/h2,4,6,8,10,16,20H,3,5,7,9H2,1H3,(H2,27,30)(H,31,34)(H,36,37)(H4,25,26,29)/b32-15-/t10?,16-,20+/m1/s1. The van der Waals surface area contributed by atoms with Crippen molar-refractivity contribution in [2.45, 2.75) is 34.2 Å². The van der Waals surface area contributed by atoms with Crippen molar-refractivity contribution < 1.29 is 28.7 Å². The topological polar surface area (TPSA) is 222 Å². The summed E-state index contributed by atoms with van der Waals surface area (Å²) < 4.78 is 12.5. The first kappa shape index (κ1) is 31.4. The number of carbonyl (C=O) groups is 3. The van der Waals surface area contributed by atoms with E-state index in [1.165, 1.54) is 40.7 Å². The number of halogens is 1. The van der Waals surface area contributed by atoms with Gasteiger partial charge in [-0.15, -0.1) is 34.9 Å². The van der Waals surface area contributed by atoms with E-state index in [-0.39, 0.29) is 46.6 Å². The van der Waals surface area contributed by atoms with Gasteiger partial charge < -0.3 is 32.0 Å². The fraction of sp³-hybridized carbons (Fsp3) is 0.348. The molecule has 0 spiro atoms. The lowest BCUT2D eigenvalue weighted by molar-refractivity contribution is -0.150. The molecule has 1 unspecified atom stereocenters. The number of nitrogens with one attached hydrogen (secondary N) is 3. The third kappa shape index (κ3) is 7.26. The van der Waals surface area contributed by atoms with E-state index in [1.807, 2.05) is 6.92 Å². The molecule has 2 aliphatic rings. The van der Waals surface area contributed by atoms with E-state index in [4.69, 9.17) is 21.7 Å². The summed E-state index contributed by atoms with van der Waals surface area (Å²) in [6.07, 6.45) is 3.26. The minimum atomic E-state index is -1.27. The number of nitrogen functional groups attached to an aromatic ring is 1. The summed E-state index contributed by atoms with van der Waals surface area (Å²) in [7, 11) is 0. The first-order valence-corrected chi connectivity index (χ1v) is 15.9. The summed E-state index contributed by atoms with van der Waals surface area (Å²) in [5.74, 6) is -1.97. The number of nitrogens with zero attached hydrogens (tertiary/aromatic N) is 4. The van der Waals surface area contributed by atoms with E-state index in [0.717, 1.165) is 26.0 Å². The molecule has 2 aromatic rings. The molecule has 4 heterocycles. The van der Waals surface area contributed by atoms with Gasteiger partial charge in [0, 0.05) is 50.0 Å². The van der Waals surface area contributed by atoms with Crippen molar-refractivity contribution in [3.8, 4) is 0 Å². The number of aromatic nitrogens is 2. The molecular weight excluding hydrogens is 630 g/mol. The van der Waals surface area contributed by atoms with Gasteiger partial charge in [0.25, 0.3) is 11.8 Å². The zero-order chi connectivity index (χ0) is 30.4. The lowest BCUT2D eigenvalue weighted by atomic mass is 10.0. The van der Waals surface area contributed by atoms with Gasteiger partial charge in [0.15, 0.2) is 16.8 Å². The van der Waals surface area contributed by atoms with Gasteiger partial charge in [0.1, 0.15) is 36.1 Å². The maximum atomic E-state index is 13.2. The number of alkyl halides is 1. The number of oxime groups is 1. The van der Waals surface area contributed by atoms with Crippen LogP contribution < -0.4 is 22.1 Å². The highest BCUT2D eigenvalue weighted by molar-refractivity contribution is 8.07. The summed E-state index contributed by atoms with van der Waals surface area (Å²) in [6, 6.07) is 0.634. The smallest absolute Gasteiger partial charge is 0.353 e. The second kappa shape index (κ2) is 14.1. The zero-order valence-corrected chi connectivity index (χ0v) is 25.2. The molecule has 8 N–H and O–H groups in total. The van der Waals surface area contributed by atoms with E-state index in [2.05, 4.69) is 25.8 Å². The highest BCUT2D eigenvalue weighted by Crippen LogP contribution is 2.46. The first-order valence-electron chi connectivity index (χ1n) is 12.1. The lowest BCUT2D eigenvalue weighted by Gasteiger charge is -2.49. The number of nitrogens with two attached hydrogens (primary N) is 2. The number of anilines is 1. The van der Waals surface area contributed by atoms with Crippen LogP contribution in [-0.4, -0.2) is 91.7 Å². The Morgan fingerprint density at radius 1 is 1.43 bits per heavy atom. The van der Waals surface area contributed by atoms with Gasteiger partial charge >= 0.3 is 5.97 Å². The number of amides is 2. The Morgan fingerprint density at radius 2 is 2.21 bits per heavy atom. The number of fused-ring (bicyclic) bond motifs is 1. The molecule has 0 bridgehead atoms. The first-order chi connectivity index (χ1) is 20.1. The van der Waals surface area contributed by atoms with Gasteiger partial charge in [0.2, 0.25) is 0 Å². The number of β-lactam (4-membered cyclic amide) rings is 1. The van der Waals surface area contributed by atoms with E-state index < -0.39 is 35.9 Å². The molecule has 14 nitrogen and oxygen atoms in total. The van der Waals surface area contributed by atoms with E-state index in [9.17, 15) is 23.9 Å². The molecular formula is C23H26FN9O5S4. The van der Waals surface area contributed by atoms with Crippen LogP contribution in [0, 0.1) is 5.41 Å². The number of carboxylic acid groups (broad SMARTS) is 1. The van der Waals surface area contributed by atoms with Crippen molar-refractivity contribution in [1.82, 2.24) is 25.5 Å². The van der Waals surface area contributed by atoms with Gasteiger partial charge in [-0.05, 0) is 13.0 Å². The fourth-order valence-electron chi connectivity index (χ4n) is 3.84. The number of carboxylic acids is 1. The average Bonchev–Trinajstić information content (AvgIpc) is 3.38. The maximum absolute atomic E-state index is 13.2. The molecule has 2 aromatic heterocycles. The quantitative estimate of drug-likeness (QED) is 0.0447. The average molecular weight is 656 g/mol. The van der Waals surface area contributed by atoms with Crippen LogP contribution >= 0.6 is 46.6 Å². The summed E-state index contributed by atoms with van der Waals surface area (Å²) in [5.41, 5.74) is 10.7. The molecule has 0 saturated carbocycles. The van der Waals surface area contributed by atoms with Crippen molar-refractivity contribution >= 4 is 81.2 Å². The SMILES string of the molecule is CC(CSc1cnccc1SC1=C(C(=O)O)N2C(=O)[C@@H](NC(=O)/C(=N\OCCF)c3csc(N)n3)[C@@H]2SC1)NC(=N)N. The van der Waals surface area contributed by atoms with Gasteiger partial charge in [-0.3, -0.25) is 24.9 Å². The van der Waals surface area contributed by atoms with Crippen molar-refractivity contribution in [3.05, 3.63) is 40.1 Å². The van der Waals surface area contributed by atoms with Crippen LogP contribution in [0.4, 0.5) is 9.52 Å². The minimum Gasteiger partial charge on any atom is -0.477 e. The number of thiazole rings is 1. The van der Waals surface area contributed by atoms with Crippen LogP contribution in [0.3, 0.4) is 0 Å². The van der Waals surface area contributed by atoms with Crippen LogP contribution in [0.1, 0.15) is 12.6 Å². The van der Waals surface area contributed by atoms with E-state index in [0.29, 0.717) is 10.7 Å². The van der Waals surface area contributed by atoms with Gasteiger partial charge in [-0.1, -0.05) is 16.9 Å². The van der Waals surface area contributed by atoms with Crippen LogP contribution in [0.25, 0.3) is 0 Å². The van der Waals surface area contributed by atoms with Crippen LogP contribution in [0.15, 0.2) is 49.4 Å². The Kier molecular flexibility index (Phi) is 10.5. The molecule has 2 amide bonds. The number of hydrogen-bond acceptors (Lipinski definition) is 13. The Labute approximate surface area is 255 Å². The minimum absolute atomic E-state index is 0.0927. The monoisotopic (exact) mass is 655 g/mol. The summed E-state index contributed by atoms with van der Waals surface area (Å²) in [4.78, 5) is 54.8. The third-order valence-electron chi connectivity index (χ3n) is 5.60. The molecule has 224 valence electrons. The molecule has 0 radical (unpaired) electrons. The predicted octanol–water partition coefficient (Wildman–Crippen LogP) is 1.26. The molecule has 1 fully saturated rings. The fourth-order valence-corrected chi connectivity index (χ4v) is 8.01. The largest absolute Gasteiger partial charge is 0.477 e. The number of rotatable bonds is 13. The normalized spacial score (nSPS) is 19.0. The van der Waals surface area contributed by atoms with Gasteiger partial charge in [-0.2, -0.15) is 0 Å². The third-order valence-corrected chi connectivity index (χ3v) is 10.3. The van der Waals surface area contributed by atoms with Crippen molar-refractivity contribution in [3.63, 3.8) is 0 Å². The highest BCUT2D eigenvalue weighted by Gasteiger charge is 2.54. The number of thioether (sulfide) groups is 3. The van der Waals surface area contributed by atoms with Gasteiger partial charge in [0.05, 0.1) is 0 Å². The summed E-state index contributed by atoms with van der Waals surface area (Å²) >= 11 is 5.06. The van der Waals surface area contributed by atoms with Crippen molar-refractivity contribution in [2.24, 2.45) is 10.9 Å². The second-order valence-electron chi connectivity index (χ2n) is 8.67. The molecule has 0 aliphatic carbocycles. The van der Waals surface area contributed by atoms with E-state index in [1.54, 1.807) is 18.5 Å². The Hall–Kier alpha value is -3.55. The highest BCUT2D eigenvalue weighted by atomic mass is 32.2. The molecule has 4 rings (SSSR count). The zero-order valence-electron chi connectivity index (χ0n) is 21.9. The van der Waals surface area contributed by atoms with E-state index >= 15 is 0 Å². The van der Waals surface area contributed by atoms with Crippen LogP contribution in [0.5, 0.6) is 0 Å². The summed E-state index contributed by atoms with van der Waals surface area (Å²) in [5, 5.41) is 27.5. The summed E-state index contributed by atoms with van der Waals surface area (Å²) in [6.45, 7) is 0.667. The molecule has 3 atom stereocenters. The van der Waals surface area contributed by atoms with Crippen molar-refractivity contribution in [2.75, 3.05) is 30.5 Å². The Morgan fingerprint density at radius 3 is 2.88 bits per heavy atom. The Bertz CT molecular complexity index is 1440. The lowest BCUT2D eigenvalue weighted by Crippen LogP contribution is -2.71. The molecule has 0 aromatic carbocycles. The number of pyridine rings is 1. The van der Waals surface area contributed by atoms with Crippen molar-refractivity contribution in [1.29, 1.82) is 5.41 Å². The van der Waals surface area contributed by atoms with Gasteiger partial charge in [-0.25, -0.2) is 14.2 Å².